The third kappa shape index (κ3) is 3.17. The van der Waals surface area contributed by atoms with Gasteiger partial charge in [-0.1, -0.05) is 0 Å². The molecule has 0 bridgehead atoms. The molecule has 0 saturated heterocycles. The maximum absolute atomic E-state index is 13.6. The molecule has 3 nitrogen and oxygen atoms in total. The van der Waals surface area contributed by atoms with Gasteiger partial charge in [-0.25, -0.2) is 8.78 Å². The van der Waals surface area contributed by atoms with Gasteiger partial charge in [0.25, 0.3) is 0 Å². The van der Waals surface area contributed by atoms with Crippen molar-refractivity contribution < 1.29 is 27.0 Å². The second-order valence-corrected chi connectivity index (χ2v) is 4.78. The van der Waals surface area contributed by atoms with Crippen molar-refractivity contribution in [1.29, 1.82) is 0 Å². The van der Waals surface area contributed by atoms with E-state index in [-0.39, 0.29) is 17.1 Å². The first kappa shape index (κ1) is 17.0. The predicted molar refractivity (Wildman–Crippen MR) is 70.0 cm³/mol. The number of methoxy groups -OCH3 is 2. The smallest absolute Gasteiger partial charge is 0.326 e. The van der Waals surface area contributed by atoms with E-state index < -0.39 is 18.4 Å². The van der Waals surface area contributed by atoms with Crippen molar-refractivity contribution in [2.75, 3.05) is 21.3 Å². The summed E-state index contributed by atoms with van der Waals surface area (Å²) >= 11 is 3.17. The van der Waals surface area contributed by atoms with Gasteiger partial charge in [0.05, 0.1) is 18.7 Å². The minimum Gasteiger partial charge on any atom is -0.496 e. The van der Waals surface area contributed by atoms with E-state index in [2.05, 4.69) is 21.2 Å². The number of ether oxygens (including phenoxy) is 2. The zero-order valence-electron chi connectivity index (χ0n) is 11.0. The van der Waals surface area contributed by atoms with Gasteiger partial charge in [0.1, 0.15) is 17.5 Å². The van der Waals surface area contributed by atoms with Gasteiger partial charge in [-0.05, 0) is 35.1 Å². The maximum Gasteiger partial charge on any atom is 0.326 e. The van der Waals surface area contributed by atoms with Crippen molar-refractivity contribution in [1.82, 2.24) is 5.32 Å². The molecule has 0 amide bonds. The quantitative estimate of drug-likeness (QED) is 0.786. The minimum atomic E-state index is -4.25. The topological polar surface area (TPSA) is 30.5 Å². The number of halogens is 5. The summed E-state index contributed by atoms with van der Waals surface area (Å²) in [5.74, 6) is -3.95. The van der Waals surface area contributed by atoms with Gasteiger partial charge in [0, 0.05) is 5.56 Å². The Labute approximate surface area is 122 Å². The first-order chi connectivity index (χ1) is 9.29. The lowest BCUT2D eigenvalue weighted by atomic mass is 9.99. The Balaban J connectivity index is 3.41. The molecular weight excluding hydrogens is 346 g/mol. The van der Waals surface area contributed by atoms with Crippen molar-refractivity contribution in [3.8, 4) is 11.5 Å². The molecular formula is C12H14BrF4NO2. The van der Waals surface area contributed by atoms with Crippen LogP contribution in [0, 0.1) is 0 Å². The number of alkyl halides is 4. The number of benzene rings is 1. The lowest BCUT2D eigenvalue weighted by molar-refractivity contribution is -0.150. The van der Waals surface area contributed by atoms with Crippen molar-refractivity contribution in [2.24, 2.45) is 0 Å². The van der Waals surface area contributed by atoms with Crippen LogP contribution in [0.3, 0.4) is 0 Å². The molecule has 1 aromatic carbocycles. The highest BCUT2D eigenvalue weighted by molar-refractivity contribution is 9.10. The molecule has 0 spiro atoms. The van der Waals surface area contributed by atoms with E-state index in [4.69, 9.17) is 9.47 Å². The van der Waals surface area contributed by atoms with E-state index in [1.165, 1.54) is 33.4 Å². The van der Waals surface area contributed by atoms with Crippen molar-refractivity contribution in [3.63, 3.8) is 0 Å². The maximum atomic E-state index is 13.6. The van der Waals surface area contributed by atoms with Crippen molar-refractivity contribution in [2.45, 2.75) is 18.4 Å². The highest BCUT2D eigenvalue weighted by Crippen LogP contribution is 2.43. The van der Waals surface area contributed by atoms with Crippen LogP contribution < -0.4 is 14.8 Å². The highest BCUT2D eigenvalue weighted by atomic mass is 79.9. The Morgan fingerprint density at radius 3 is 2.10 bits per heavy atom. The summed E-state index contributed by atoms with van der Waals surface area (Å²) in [6.07, 6.45) is -3.81. The summed E-state index contributed by atoms with van der Waals surface area (Å²) in [5, 5.41) is 2.20. The SMILES string of the molecule is CNC(c1cc(OC)c(Br)cc1OC)C(F)(F)C(F)F. The second kappa shape index (κ2) is 6.62. The zero-order valence-corrected chi connectivity index (χ0v) is 12.6. The van der Waals surface area contributed by atoms with E-state index in [1.54, 1.807) is 0 Å². The molecule has 8 heteroatoms. The average Bonchev–Trinajstić information content (AvgIpc) is 2.40. The van der Waals surface area contributed by atoms with Crippen molar-refractivity contribution >= 4 is 15.9 Å². The molecule has 0 heterocycles. The van der Waals surface area contributed by atoms with Crippen LogP contribution in [0.4, 0.5) is 17.6 Å². The molecule has 1 unspecified atom stereocenters. The van der Waals surface area contributed by atoms with Crippen LogP contribution in [-0.2, 0) is 0 Å². The number of hydrogen-bond donors (Lipinski definition) is 1. The van der Waals surface area contributed by atoms with Crippen LogP contribution >= 0.6 is 15.9 Å². The summed E-state index contributed by atoms with van der Waals surface area (Å²) in [4.78, 5) is 0. The molecule has 0 fully saturated rings. The Hall–Kier alpha value is -1.02. The molecule has 1 atom stereocenters. The molecule has 0 aliphatic rings. The van der Waals surface area contributed by atoms with Gasteiger partial charge >= 0.3 is 12.3 Å². The predicted octanol–water partition coefficient (Wildman–Crippen LogP) is 3.63. The van der Waals surface area contributed by atoms with Crippen LogP contribution in [0.1, 0.15) is 11.6 Å². The number of hydrogen-bond acceptors (Lipinski definition) is 3. The lowest BCUT2D eigenvalue weighted by Gasteiger charge is -2.27. The molecule has 0 saturated carbocycles. The third-order valence-electron chi connectivity index (χ3n) is 2.78. The summed E-state index contributed by atoms with van der Waals surface area (Å²) in [5.41, 5.74) is -0.111. The van der Waals surface area contributed by atoms with E-state index >= 15 is 0 Å². The molecule has 20 heavy (non-hydrogen) atoms. The molecule has 0 aliphatic carbocycles. The fourth-order valence-corrected chi connectivity index (χ4v) is 2.28. The molecule has 0 aromatic heterocycles. The van der Waals surface area contributed by atoms with Gasteiger partial charge in [-0.15, -0.1) is 0 Å². The normalized spacial score (nSPS) is 13.4. The molecule has 1 N–H and O–H groups in total. The van der Waals surface area contributed by atoms with E-state index in [0.717, 1.165) is 0 Å². The first-order valence-electron chi connectivity index (χ1n) is 5.54. The molecule has 0 aliphatic heterocycles. The lowest BCUT2D eigenvalue weighted by Crippen LogP contribution is -2.41. The first-order valence-corrected chi connectivity index (χ1v) is 6.33. The number of rotatable bonds is 6. The van der Waals surface area contributed by atoms with Crippen molar-refractivity contribution in [3.05, 3.63) is 22.2 Å². The van der Waals surface area contributed by atoms with E-state index in [9.17, 15) is 17.6 Å². The Bertz CT molecular complexity index is 471. The summed E-state index contributed by atoms with van der Waals surface area (Å²) < 4.78 is 62.8. The minimum absolute atomic E-state index is 0.0531. The monoisotopic (exact) mass is 359 g/mol. The number of nitrogens with one attached hydrogen (secondary N) is 1. The van der Waals surface area contributed by atoms with Gasteiger partial charge in [0.15, 0.2) is 0 Å². The fourth-order valence-electron chi connectivity index (χ4n) is 1.79. The Morgan fingerprint density at radius 2 is 1.70 bits per heavy atom. The Morgan fingerprint density at radius 1 is 1.15 bits per heavy atom. The van der Waals surface area contributed by atoms with E-state index in [1.807, 2.05) is 0 Å². The second-order valence-electron chi connectivity index (χ2n) is 3.93. The highest BCUT2D eigenvalue weighted by Gasteiger charge is 2.49. The molecule has 1 rings (SSSR count). The molecule has 1 aromatic rings. The van der Waals surface area contributed by atoms with Crippen LogP contribution in [0.5, 0.6) is 11.5 Å². The summed E-state index contributed by atoms with van der Waals surface area (Å²) in [7, 11) is 3.79. The van der Waals surface area contributed by atoms with Crippen LogP contribution in [0.2, 0.25) is 0 Å². The summed E-state index contributed by atoms with van der Waals surface area (Å²) in [6, 6.07) is 0.722. The van der Waals surface area contributed by atoms with Crippen LogP contribution in [-0.4, -0.2) is 33.6 Å². The van der Waals surface area contributed by atoms with Gasteiger partial charge in [0.2, 0.25) is 0 Å². The van der Waals surface area contributed by atoms with Gasteiger partial charge < -0.3 is 14.8 Å². The Kier molecular flexibility index (Phi) is 5.64. The zero-order chi connectivity index (χ0) is 15.5. The van der Waals surface area contributed by atoms with E-state index in [0.29, 0.717) is 4.47 Å². The standard InChI is InChI=1S/C12H14BrF4NO2/c1-18-10(12(16,17)11(14)15)6-4-9(20-3)7(13)5-8(6)19-2/h4-5,10-11,18H,1-3H3. The van der Waals surface area contributed by atoms with Crippen LogP contribution in [0.15, 0.2) is 16.6 Å². The fraction of sp³-hybridized carbons (Fsp3) is 0.500. The average molecular weight is 360 g/mol. The van der Waals surface area contributed by atoms with Crippen LogP contribution in [0.25, 0.3) is 0 Å². The van der Waals surface area contributed by atoms with Gasteiger partial charge in [-0.3, -0.25) is 0 Å². The molecule has 114 valence electrons. The van der Waals surface area contributed by atoms with Gasteiger partial charge in [-0.2, -0.15) is 8.78 Å². The summed E-state index contributed by atoms with van der Waals surface area (Å²) in [6.45, 7) is 0. The third-order valence-corrected chi connectivity index (χ3v) is 3.40. The molecule has 0 radical (unpaired) electrons. The largest absolute Gasteiger partial charge is 0.496 e.